The Kier molecular flexibility index (Phi) is 6.39. The Balaban J connectivity index is 1.72. The first-order valence-electron chi connectivity index (χ1n) is 7.75. The van der Waals surface area contributed by atoms with Crippen LogP contribution in [0, 0.1) is 13.8 Å². The van der Waals surface area contributed by atoms with Crippen molar-refractivity contribution in [2.45, 2.75) is 52.0 Å². The molecule has 2 rings (SSSR count). The summed E-state index contributed by atoms with van der Waals surface area (Å²) in [7, 11) is 0. The number of hydrogen-bond acceptors (Lipinski definition) is 2. The van der Waals surface area contributed by atoms with Crippen LogP contribution in [-0.2, 0) is 0 Å². The maximum Gasteiger partial charge on any atom is 0.189 e. The summed E-state index contributed by atoms with van der Waals surface area (Å²) in [5, 5.41) is 7.55. The summed E-state index contributed by atoms with van der Waals surface area (Å²) in [5.74, 6) is 0. The van der Waals surface area contributed by atoms with Gasteiger partial charge >= 0.3 is 0 Å². The van der Waals surface area contributed by atoms with E-state index in [2.05, 4.69) is 47.5 Å². The fourth-order valence-corrected chi connectivity index (χ4v) is 2.95. The topological polar surface area (TPSA) is 48.1 Å². The highest BCUT2D eigenvalue weighted by molar-refractivity contribution is 7.80. The largest absolute Gasteiger partial charge is 0.359 e. The number of anilines is 1. The summed E-state index contributed by atoms with van der Waals surface area (Å²) in [6.07, 6.45) is 6.27. The predicted molar refractivity (Wildman–Crippen MR) is 101 cm³/mol. The zero-order valence-corrected chi connectivity index (χ0v) is 14.8. The average Bonchev–Trinajstić information content (AvgIpc) is 2.50. The number of thiocarbonyl (C=S) groups is 2. The second-order valence-electron chi connectivity index (χ2n) is 5.81. The summed E-state index contributed by atoms with van der Waals surface area (Å²) in [6, 6.07) is 6.64. The third-order valence-corrected chi connectivity index (χ3v) is 4.42. The van der Waals surface area contributed by atoms with Crippen molar-refractivity contribution < 1.29 is 0 Å². The summed E-state index contributed by atoms with van der Waals surface area (Å²) in [5.41, 5.74) is 9.33. The molecule has 120 valence electrons. The second-order valence-corrected chi connectivity index (χ2v) is 6.63. The van der Waals surface area contributed by atoms with Crippen LogP contribution in [0.25, 0.3) is 0 Å². The normalized spacial score (nSPS) is 15.0. The number of hydrazine groups is 1. The number of hydrogen-bond donors (Lipinski definition) is 4. The van der Waals surface area contributed by atoms with Crippen molar-refractivity contribution in [2.24, 2.45) is 0 Å². The minimum Gasteiger partial charge on any atom is -0.359 e. The standard InChI is InChI=1S/C16H24N4S2/c1-11-8-9-14(10-12(11)2)18-16(22)20-19-15(21)17-13-6-4-3-5-7-13/h8-10,13H,3-7H2,1-2H3,(H2,17,19,21)(H2,18,20,22). The van der Waals surface area contributed by atoms with Crippen LogP contribution in [0.3, 0.4) is 0 Å². The minimum atomic E-state index is 0.483. The maximum absolute atomic E-state index is 5.28. The number of rotatable bonds is 2. The van der Waals surface area contributed by atoms with Crippen LogP contribution >= 0.6 is 24.4 Å². The van der Waals surface area contributed by atoms with E-state index in [0.29, 0.717) is 16.3 Å². The molecule has 22 heavy (non-hydrogen) atoms. The van der Waals surface area contributed by atoms with Crippen molar-refractivity contribution in [3.63, 3.8) is 0 Å². The van der Waals surface area contributed by atoms with Gasteiger partial charge in [0.2, 0.25) is 0 Å². The third-order valence-electron chi connectivity index (χ3n) is 3.99. The van der Waals surface area contributed by atoms with Crippen LogP contribution in [-0.4, -0.2) is 16.3 Å². The summed E-state index contributed by atoms with van der Waals surface area (Å²) < 4.78 is 0. The number of aryl methyl sites for hydroxylation is 2. The highest BCUT2D eigenvalue weighted by Crippen LogP contribution is 2.17. The van der Waals surface area contributed by atoms with E-state index in [0.717, 1.165) is 5.69 Å². The molecule has 4 N–H and O–H groups in total. The monoisotopic (exact) mass is 336 g/mol. The van der Waals surface area contributed by atoms with Gasteiger partial charge in [-0.15, -0.1) is 0 Å². The van der Waals surface area contributed by atoms with E-state index < -0.39 is 0 Å². The van der Waals surface area contributed by atoms with Gasteiger partial charge in [-0.25, -0.2) is 0 Å². The lowest BCUT2D eigenvalue weighted by atomic mass is 9.96. The minimum absolute atomic E-state index is 0.483. The molecule has 1 aromatic carbocycles. The van der Waals surface area contributed by atoms with Crippen molar-refractivity contribution in [1.82, 2.24) is 16.2 Å². The van der Waals surface area contributed by atoms with E-state index in [1.807, 2.05) is 6.07 Å². The molecule has 0 atom stereocenters. The molecule has 0 unspecified atom stereocenters. The smallest absolute Gasteiger partial charge is 0.189 e. The number of benzene rings is 1. The zero-order chi connectivity index (χ0) is 15.9. The van der Waals surface area contributed by atoms with Crippen LogP contribution in [0.1, 0.15) is 43.2 Å². The van der Waals surface area contributed by atoms with Gasteiger partial charge in [-0.3, -0.25) is 10.9 Å². The molecule has 1 aliphatic rings. The molecule has 1 aromatic rings. The van der Waals surface area contributed by atoms with Crippen molar-refractivity contribution in [3.05, 3.63) is 29.3 Å². The molecular weight excluding hydrogens is 312 g/mol. The molecule has 0 saturated heterocycles. The molecule has 0 amide bonds. The predicted octanol–water partition coefficient (Wildman–Crippen LogP) is 3.30. The Morgan fingerprint density at radius 2 is 1.64 bits per heavy atom. The molecule has 0 bridgehead atoms. The molecular formula is C16H24N4S2. The molecule has 0 aromatic heterocycles. The molecule has 1 aliphatic carbocycles. The lowest BCUT2D eigenvalue weighted by Crippen LogP contribution is -2.51. The second kappa shape index (κ2) is 8.29. The summed E-state index contributed by atoms with van der Waals surface area (Å²) in [4.78, 5) is 0. The van der Waals surface area contributed by atoms with Gasteiger partial charge in [0.15, 0.2) is 10.2 Å². The molecule has 4 nitrogen and oxygen atoms in total. The molecule has 6 heteroatoms. The fourth-order valence-electron chi connectivity index (χ4n) is 2.56. The Morgan fingerprint density at radius 1 is 0.955 bits per heavy atom. The highest BCUT2D eigenvalue weighted by atomic mass is 32.1. The maximum atomic E-state index is 5.28. The average molecular weight is 337 g/mol. The summed E-state index contributed by atoms with van der Waals surface area (Å²) >= 11 is 10.5. The Labute approximate surface area is 143 Å². The molecule has 1 saturated carbocycles. The zero-order valence-electron chi connectivity index (χ0n) is 13.2. The Hall–Kier alpha value is -1.40. The van der Waals surface area contributed by atoms with E-state index in [1.54, 1.807) is 0 Å². The van der Waals surface area contributed by atoms with E-state index in [9.17, 15) is 0 Å². The highest BCUT2D eigenvalue weighted by Gasteiger charge is 2.13. The van der Waals surface area contributed by atoms with Crippen molar-refractivity contribution in [3.8, 4) is 0 Å². The van der Waals surface area contributed by atoms with Crippen LogP contribution in [0.15, 0.2) is 18.2 Å². The van der Waals surface area contributed by atoms with Crippen molar-refractivity contribution in [2.75, 3.05) is 5.32 Å². The van der Waals surface area contributed by atoms with Gasteiger partial charge < -0.3 is 10.6 Å². The van der Waals surface area contributed by atoms with Crippen molar-refractivity contribution in [1.29, 1.82) is 0 Å². The van der Waals surface area contributed by atoms with Gasteiger partial charge in [-0.05, 0) is 74.4 Å². The SMILES string of the molecule is Cc1ccc(NC(=S)NNC(=S)NC2CCCCC2)cc1C. The quantitative estimate of drug-likeness (QED) is 0.491. The molecule has 1 fully saturated rings. The van der Waals surface area contributed by atoms with Crippen molar-refractivity contribution >= 4 is 40.3 Å². The van der Waals surface area contributed by atoms with Crippen LogP contribution in [0.2, 0.25) is 0 Å². The van der Waals surface area contributed by atoms with E-state index >= 15 is 0 Å². The lowest BCUT2D eigenvalue weighted by Gasteiger charge is -2.24. The van der Waals surface area contributed by atoms with Crippen LogP contribution in [0.5, 0.6) is 0 Å². The third kappa shape index (κ3) is 5.42. The Morgan fingerprint density at radius 3 is 2.32 bits per heavy atom. The fraction of sp³-hybridized carbons (Fsp3) is 0.500. The van der Waals surface area contributed by atoms with Gasteiger partial charge in [0.05, 0.1) is 0 Å². The van der Waals surface area contributed by atoms with E-state index in [1.165, 1.54) is 43.2 Å². The first-order chi connectivity index (χ1) is 10.5. The van der Waals surface area contributed by atoms with E-state index in [-0.39, 0.29) is 0 Å². The van der Waals surface area contributed by atoms with Gasteiger partial charge in [0.1, 0.15) is 0 Å². The lowest BCUT2D eigenvalue weighted by molar-refractivity contribution is 0.411. The molecule has 0 radical (unpaired) electrons. The first-order valence-corrected chi connectivity index (χ1v) is 8.57. The first kappa shape index (κ1) is 17.0. The van der Waals surface area contributed by atoms with Gasteiger partial charge in [-0.2, -0.15) is 0 Å². The van der Waals surface area contributed by atoms with Gasteiger partial charge in [0, 0.05) is 11.7 Å². The Bertz CT molecular complexity index is 539. The summed E-state index contributed by atoms with van der Waals surface area (Å²) in [6.45, 7) is 4.17. The van der Waals surface area contributed by atoms with Gasteiger partial charge in [0.25, 0.3) is 0 Å². The number of nitrogens with one attached hydrogen (secondary N) is 4. The molecule has 0 heterocycles. The van der Waals surface area contributed by atoms with E-state index in [4.69, 9.17) is 24.4 Å². The molecule has 0 aliphatic heterocycles. The van der Waals surface area contributed by atoms with Crippen LogP contribution in [0.4, 0.5) is 5.69 Å². The molecule has 0 spiro atoms. The van der Waals surface area contributed by atoms with Crippen LogP contribution < -0.4 is 21.5 Å². The van der Waals surface area contributed by atoms with Gasteiger partial charge in [-0.1, -0.05) is 25.3 Å².